The molecule has 1 aliphatic rings. The Labute approximate surface area is 104 Å². The van der Waals surface area contributed by atoms with E-state index in [4.69, 9.17) is 4.74 Å². The van der Waals surface area contributed by atoms with Crippen LogP contribution >= 0.6 is 0 Å². The van der Waals surface area contributed by atoms with E-state index in [0.29, 0.717) is 11.1 Å². The summed E-state index contributed by atoms with van der Waals surface area (Å²) in [5, 5.41) is 11.1. The van der Waals surface area contributed by atoms with Crippen molar-refractivity contribution in [3.63, 3.8) is 0 Å². The van der Waals surface area contributed by atoms with Crippen LogP contribution in [0, 0.1) is 10.1 Å². The molecule has 0 N–H and O–H groups in total. The number of nitrogens with zero attached hydrogens (tertiary/aromatic N) is 2. The van der Waals surface area contributed by atoms with Gasteiger partial charge in [0.15, 0.2) is 0 Å². The molecule has 1 aliphatic heterocycles. The molecule has 1 heterocycles. The van der Waals surface area contributed by atoms with Crippen molar-refractivity contribution in [2.24, 2.45) is 0 Å². The van der Waals surface area contributed by atoms with Crippen LogP contribution in [0.25, 0.3) is 0 Å². The molecule has 0 spiro atoms. The van der Waals surface area contributed by atoms with Crippen LogP contribution in [0.2, 0.25) is 0 Å². The van der Waals surface area contributed by atoms with E-state index >= 15 is 0 Å². The van der Waals surface area contributed by atoms with Crippen LogP contribution < -0.4 is 0 Å². The third-order valence-corrected chi connectivity index (χ3v) is 2.56. The number of esters is 1. The van der Waals surface area contributed by atoms with E-state index < -0.39 is 17.0 Å². The minimum atomic E-state index is -0.939. The fraction of sp³-hybridized carbons (Fsp3) is 0.250. The third kappa shape index (κ3) is 2.04. The number of fused-ring (bicyclic) bond motifs is 1. The van der Waals surface area contributed by atoms with Crippen molar-refractivity contribution in [1.82, 2.24) is 4.90 Å². The Morgan fingerprint density at radius 2 is 2.11 bits per heavy atom. The second-order valence-corrected chi connectivity index (χ2v) is 4.15. The highest BCUT2D eigenvalue weighted by Crippen LogP contribution is 2.35. The lowest BCUT2D eigenvalue weighted by molar-refractivity contribution is -0.437. The molecule has 18 heavy (non-hydrogen) atoms. The summed E-state index contributed by atoms with van der Waals surface area (Å²) in [6, 6.07) is 6.69. The van der Waals surface area contributed by atoms with Crippen LogP contribution in [0.1, 0.15) is 22.0 Å². The average Bonchev–Trinajstić information content (AvgIpc) is 2.64. The van der Waals surface area contributed by atoms with E-state index in [-0.39, 0.29) is 5.70 Å². The van der Waals surface area contributed by atoms with Gasteiger partial charge >= 0.3 is 11.7 Å². The Hall–Kier alpha value is -2.37. The molecule has 0 aromatic heterocycles. The minimum absolute atomic E-state index is 0.154. The molecule has 0 radical (unpaired) electrons. The summed E-state index contributed by atoms with van der Waals surface area (Å²) in [6.07, 6.45) is 0.408. The standard InChI is InChI=1S/C12H12N2O4/c1-13(2)7-10(14(16)17)11-8-5-3-4-6-9(8)12(15)18-11/h3-7,11H,1-2H3/b10-7+/t11-/m1/s1. The summed E-state index contributed by atoms with van der Waals surface area (Å²) < 4.78 is 5.08. The van der Waals surface area contributed by atoms with Crippen LogP contribution in [0.5, 0.6) is 0 Å². The van der Waals surface area contributed by atoms with Crippen molar-refractivity contribution < 1.29 is 14.5 Å². The van der Waals surface area contributed by atoms with Gasteiger partial charge in [-0.2, -0.15) is 0 Å². The lowest BCUT2D eigenvalue weighted by atomic mass is 10.0. The number of carbonyl (C=O) groups is 1. The molecule has 0 fully saturated rings. The first-order valence-electron chi connectivity index (χ1n) is 5.33. The third-order valence-electron chi connectivity index (χ3n) is 2.56. The molecule has 0 saturated heterocycles. The molecule has 2 rings (SSSR count). The van der Waals surface area contributed by atoms with Crippen molar-refractivity contribution in [2.75, 3.05) is 14.1 Å². The molecule has 0 saturated carbocycles. The fourth-order valence-electron chi connectivity index (χ4n) is 1.84. The van der Waals surface area contributed by atoms with Crippen molar-refractivity contribution >= 4 is 5.97 Å². The first kappa shape index (κ1) is 12.1. The topological polar surface area (TPSA) is 72.7 Å². The quantitative estimate of drug-likeness (QED) is 0.461. The largest absolute Gasteiger partial charge is 0.442 e. The van der Waals surface area contributed by atoms with Gasteiger partial charge in [-0.15, -0.1) is 0 Å². The van der Waals surface area contributed by atoms with E-state index in [9.17, 15) is 14.9 Å². The number of cyclic esters (lactones) is 1. The van der Waals surface area contributed by atoms with Crippen LogP contribution in [0.3, 0.4) is 0 Å². The smallest absolute Gasteiger partial charge is 0.339 e. The molecule has 6 heteroatoms. The van der Waals surface area contributed by atoms with Crippen molar-refractivity contribution in [1.29, 1.82) is 0 Å². The van der Waals surface area contributed by atoms with Gasteiger partial charge in [-0.3, -0.25) is 10.1 Å². The van der Waals surface area contributed by atoms with E-state index in [2.05, 4.69) is 0 Å². The first-order chi connectivity index (χ1) is 8.50. The second kappa shape index (κ2) is 4.48. The van der Waals surface area contributed by atoms with Gasteiger partial charge in [-0.1, -0.05) is 18.2 Å². The Morgan fingerprint density at radius 1 is 1.44 bits per heavy atom. The van der Waals surface area contributed by atoms with Crippen LogP contribution in [0.4, 0.5) is 0 Å². The zero-order valence-corrected chi connectivity index (χ0v) is 9.99. The predicted molar refractivity (Wildman–Crippen MR) is 63.4 cm³/mol. The number of carbonyl (C=O) groups excluding carboxylic acids is 1. The molecule has 0 unspecified atom stereocenters. The minimum Gasteiger partial charge on any atom is -0.442 e. The maximum Gasteiger partial charge on any atom is 0.339 e. The highest BCUT2D eigenvalue weighted by Gasteiger charge is 2.39. The molecule has 0 bridgehead atoms. The fourth-order valence-corrected chi connectivity index (χ4v) is 1.84. The summed E-state index contributed by atoms with van der Waals surface area (Å²) in [5.41, 5.74) is 0.764. The summed E-state index contributed by atoms with van der Waals surface area (Å²) >= 11 is 0. The highest BCUT2D eigenvalue weighted by atomic mass is 16.6. The molecule has 0 aliphatic carbocycles. The molecule has 1 aromatic carbocycles. The van der Waals surface area contributed by atoms with Crippen molar-refractivity contribution in [3.8, 4) is 0 Å². The van der Waals surface area contributed by atoms with Crippen molar-refractivity contribution in [2.45, 2.75) is 6.10 Å². The number of hydrogen-bond donors (Lipinski definition) is 0. The number of rotatable bonds is 3. The van der Waals surface area contributed by atoms with Gasteiger partial charge in [-0.05, 0) is 6.07 Å². The monoisotopic (exact) mass is 248 g/mol. The zero-order chi connectivity index (χ0) is 13.3. The lowest BCUT2D eigenvalue weighted by Gasteiger charge is -2.10. The van der Waals surface area contributed by atoms with Crippen LogP contribution in [-0.4, -0.2) is 29.9 Å². The SMILES string of the molecule is CN(C)/C=C(\[C@@H]1OC(=O)c2ccccc21)[N+](=O)[O-]. The first-order valence-corrected chi connectivity index (χ1v) is 5.33. The second-order valence-electron chi connectivity index (χ2n) is 4.15. The Balaban J connectivity index is 2.47. The zero-order valence-electron chi connectivity index (χ0n) is 9.99. The van der Waals surface area contributed by atoms with Gasteiger partial charge in [-0.25, -0.2) is 4.79 Å². The molecular weight excluding hydrogens is 236 g/mol. The predicted octanol–water partition coefficient (Wildman–Crippen LogP) is 1.58. The summed E-state index contributed by atoms with van der Waals surface area (Å²) in [7, 11) is 3.35. The van der Waals surface area contributed by atoms with Gasteiger partial charge in [0.2, 0.25) is 6.10 Å². The Morgan fingerprint density at radius 3 is 2.72 bits per heavy atom. The summed E-state index contributed by atoms with van der Waals surface area (Å²) in [4.78, 5) is 23.7. The van der Waals surface area contributed by atoms with Crippen LogP contribution in [-0.2, 0) is 4.74 Å². The van der Waals surface area contributed by atoms with Crippen LogP contribution in [0.15, 0.2) is 36.2 Å². The number of hydrogen-bond acceptors (Lipinski definition) is 5. The molecular formula is C12H12N2O4. The normalized spacial score (nSPS) is 18.2. The van der Waals surface area contributed by atoms with E-state index in [1.165, 1.54) is 6.20 Å². The molecule has 6 nitrogen and oxygen atoms in total. The van der Waals surface area contributed by atoms with Crippen molar-refractivity contribution in [3.05, 3.63) is 57.4 Å². The molecule has 94 valence electrons. The average molecular weight is 248 g/mol. The number of nitro groups is 1. The number of benzene rings is 1. The maximum absolute atomic E-state index is 11.6. The van der Waals surface area contributed by atoms with E-state index in [0.717, 1.165) is 0 Å². The molecule has 1 aromatic rings. The van der Waals surface area contributed by atoms with Gasteiger partial charge < -0.3 is 9.64 Å². The van der Waals surface area contributed by atoms with E-state index in [1.807, 2.05) is 0 Å². The van der Waals surface area contributed by atoms with Gasteiger partial charge in [0.05, 0.1) is 16.7 Å². The Bertz CT molecular complexity index is 537. The van der Waals surface area contributed by atoms with Gasteiger partial charge in [0.1, 0.15) is 0 Å². The maximum atomic E-state index is 11.6. The molecule has 1 atom stereocenters. The van der Waals surface area contributed by atoms with Gasteiger partial charge in [0.25, 0.3) is 0 Å². The highest BCUT2D eigenvalue weighted by molar-refractivity contribution is 5.94. The van der Waals surface area contributed by atoms with Gasteiger partial charge in [0, 0.05) is 19.7 Å². The van der Waals surface area contributed by atoms with E-state index in [1.54, 1.807) is 43.3 Å². The summed E-state index contributed by atoms with van der Waals surface area (Å²) in [6.45, 7) is 0. The molecule has 0 amide bonds. The lowest BCUT2D eigenvalue weighted by Crippen LogP contribution is -2.15. The Kier molecular flexibility index (Phi) is 3.01. The summed E-state index contributed by atoms with van der Waals surface area (Å²) in [5.74, 6) is -0.526. The number of ether oxygens (including phenoxy) is 1.